The molecule has 1 aromatic rings. The Morgan fingerprint density at radius 2 is 2.10 bits per heavy atom. The quantitative estimate of drug-likeness (QED) is 0.853. The molecule has 0 bridgehead atoms. The summed E-state index contributed by atoms with van der Waals surface area (Å²) in [5.41, 5.74) is 0.827. The number of aromatic hydroxyl groups is 1. The summed E-state index contributed by atoms with van der Waals surface area (Å²) in [5.74, 6) is 0.416. The van der Waals surface area contributed by atoms with E-state index in [1.807, 2.05) is 30.9 Å². The first kappa shape index (κ1) is 16.3. The second kappa shape index (κ2) is 7.27. The van der Waals surface area contributed by atoms with Crippen molar-refractivity contribution in [3.63, 3.8) is 0 Å². The number of benzene rings is 1. The fourth-order valence-corrected chi connectivity index (χ4v) is 3.20. The molecule has 0 aliphatic carbocycles. The van der Waals surface area contributed by atoms with Crippen LogP contribution in [0.3, 0.4) is 0 Å². The van der Waals surface area contributed by atoms with Gasteiger partial charge in [-0.2, -0.15) is 0 Å². The molecule has 4 nitrogen and oxygen atoms in total. The Hall–Kier alpha value is -1.07. The molecule has 0 spiro atoms. The van der Waals surface area contributed by atoms with E-state index in [1.165, 1.54) is 0 Å². The van der Waals surface area contributed by atoms with Crippen molar-refractivity contribution in [3.05, 3.63) is 28.2 Å². The van der Waals surface area contributed by atoms with E-state index < -0.39 is 0 Å². The molecule has 1 aliphatic heterocycles. The first-order valence-corrected chi connectivity index (χ1v) is 8.35. The first-order valence-electron chi connectivity index (χ1n) is 7.56. The Morgan fingerprint density at radius 3 is 2.71 bits per heavy atom. The van der Waals surface area contributed by atoms with Gasteiger partial charge in [0.25, 0.3) is 0 Å². The molecule has 1 amide bonds. The summed E-state index contributed by atoms with van der Waals surface area (Å²) in [5, 5.41) is 13.4. The van der Waals surface area contributed by atoms with Crippen LogP contribution in [0, 0.1) is 0 Å². The van der Waals surface area contributed by atoms with Crippen molar-refractivity contribution in [3.8, 4) is 5.75 Å². The van der Waals surface area contributed by atoms with Gasteiger partial charge in [-0.1, -0.05) is 22.9 Å². The van der Waals surface area contributed by atoms with Crippen molar-refractivity contribution in [2.75, 3.05) is 13.1 Å². The highest BCUT2D eigenvalue weighted by Crippen LogP contribution is 2.29. The number of halogens is 1. The van der Waals surface area contributed by atoms with Crippen LogP contribution in [0.2, 0.25) is 0 Å². The minimum absolute atomic E-state index is 0.0379. The number of nitrogens with one attached hydrogen (secondary N) is 1. The van der Waals surface area contributed by atoms with Crippen LogP contribution in [-0.2, 0) is 4.79 Å². The summed E-state index contributed by atoms with van der Waals surface area (Å²) in [7, 11) is 0. The minimum Gasteiger partial charge on any atom is -0.508 e. The molecule has 116 valence electrons. The zero-order valence-electron chi connectivity index (χ0n) is 12.6. The van der Waals surface area contributed by atoms with Crippen LogP contribution in [0.15, 0.2) is 22.7 Å². The average molecular weight is 355 g/mol. The molecule has 1 saturated heterocycles. The van der Waals surface area contributed by atoms with E-state index in [9.17, 15) is 9.90 Å². The van der Waals surface area contributed by atoms with Crippen molar-refractivity contribution in [2.24, 2.45) is 0 Å². The molecule has 1 aromatic carbocycles. The highest BCUT2D eigenvalue weighted by molar-refractivity contribution is 9.10. The van der Waals surface area contributed by atoms with Crippen molar-refractivity contribution >= 4 is 21.8 Å². The summed E-state index contributed by atoms with van der Waals surface area (Å²) in [6.07, 6.45) is 3.01. The predicted molar refractivity (Wildman–Crippen MR) is 87.3 cm³/mol. The van der Waals surface area contributed by atoms with E-state index in [-0.39, 0.29) is 23.7 Å². The van der Waals surface area contributed by atoms with Crippen molar-refractivity contribution in [2.45, 2.75) is 45.2 Å². The van der Waals surface area contributed by atoms with E-state index in [0.29, 0.717) is 0 Å². The maximum absolute atomic E-state index is 12.4. The van der Waals surface area contributed by atoms with Gasteiger partial charge in [0, 0.05) is 29.2 Å². The first-order chi connectivity index (χ1) is 10.0. The van der Waals surface area contributed by atoms with Gasteiger partial charge in [-0.05, 0) is 44.4 Å². The second-order valence-corrected chi connectivity index (χ2v) is 6.50. The van der Waals surface area contributed by atoms with Crippen LogP contribution in [-0.4, -0.2) is 35.0 Å². The summed E-state index contributed by atoms with van der Waals surface area (Å²) in [4.78, 5) is 14.3. The lowest BCUT2D eigenvalue weighted by Gasteiger charge is -2.26. The lowest BCUT2D eigenvalue weighted by Crippen LogP contribution is -2.44. The third-order valence-corrected chi connectivity index (χ3v) is 4.51. The third-order valence-electron chi connectivity index (χ3n) is 4.01. The molecule has 0 radical (unpaired) electrons. The maximum Gasteiger partial charge on any atom is 0.239 e. The molecule has 0 aromatic heterocycles. The van der Waals surface area contributed by atoms with Gasteiger partial charge < -0.3 is 10.0 Å². The zero-order chi connectivity index (χ0) is 15.4. The third kappa shape index (κ3) is 3.98. The Balaban J connectivity index is 2.07. The molecule has 0 saturated carbocycles. The van der Waals surface area contributed by atoms with Crippen molar-refractivity contribution in [1.82, 2.24) is 10.2 Å². The number of phenolic OH excluding ortho intramolecular Hbond substituents is 1. The predicted octanol–water partition coefficient (Wildman–Crippen LogP) is 3.21. The standard InChI is InChI=1S/C16H23BrN2O2/c1-3-14(13-10-12(17)6-7-15(13)20)18-11(2)16(21)19-8-4-5-9-19/h6-7,10-11,14,18,20H,3-5,8-9H2,1-2H3. The fourth-order valence-electron chi connectivity index (χ4n) is 2.82. The van der Waals surface area contributed by atoms with Gasteiger partial charge in [0.05, 0.1) is 6.04 Å². The summed E-state index contributed by atoms with van der Waals surface area (Å²) in [6, 6.07) is 5.11. The minimum atomic E-state index is -0.244. The molecule has 1 aliphatic rings. The largest absolute Gasteiger partial charge is 0.508 e. The Labute approximate surface area is 134 Å². The van der Waals surface area contributed by atoms with Crippen molar-refractivity contribution in [1.29, 1.82) is 0 Å². The fraction of sp³-hybridized carbons (Fsp3) is 0.562. The molecule has 2 N–H and O–H groups in total. The molecule has 1 heterocycles. The molecule has 1 fully saturated rings. The summed E-state index contributed by atoms with van der Waals surface area (Å²) >= 11 is 3.43. The number of likely N-dealkylation sites (tertiary alicyclic amines) is 1. The number of hydrogen-bond donors (Lipinski definition) is 2. The van der Waals surface area contributed by atoms with E-state index >= 15 is 0 Å². The number of phenols is 1. The number of amides is 1. The SMILES string of the molecule is CCC(NC(C)C(=O)N1CCCC1)c1cc(Br)ccc1O. The topological polar surface area (TPSA) is 52.6 Å². The molecule has 2 rings (SSSR count). The molecule has 2 unspecified atom stereocenters. The zero-order valence-corrected chi connectivity index (χ0v) is 14.2. The van der Waals surface area contributed by atoms with Crippen LogP contribution < -0.4 is 5.32 Å². The van der Waals surface area contributed by atoms with Crippen LogP contribution in [0.5, 0.6) is 5.75 Å². The average Bonchev–Trinajstić information content (AvgIpc) is 3.00. The van der Waals surface area contributed by atoms with Crippen LogP contribution in [0.25, 0.3) is 0 Å². The van der Waals surface area contributed by atoms with E-state index in [2.05, 4.69) is 21.2 Å². The highest BCUT2D eigenvalue weighted by atomic mass is 79.9. The highest BCUT2D eigenvalue weighted by Gasteiger charge is 2.25. The number of carbonyl (C=O) groups is 1. The molecular formula is C16H23BrN2O2. The van der Waals surface area contributed by atoms with Gasteiger partial charge >= 0.3 is 0 Å². The van der Waals surface area contributed by atoms with E-state index in [0.717, 1.165) is 42.4 Å². The number of nitrogens with zero attached hydrogens (tertiary/aromatic N) is 1. The smallest absolute Gasteiger partial charge is 0.239 e. The maximum atomic E-state index is 12.4. The molecule has 5 heteroatoms. The Morgan fingerprint density at radius 1 is 1.43 bits per heavy atom. The van der Waals surface area contributed by atoms with Crippen molar-refractivity contribution < 1.29 is 9.90 Å². The van der Waals surface area contributed by atoms with Gasteiger partial charge in [-0.3, -0.25) is 10.1 Å². The van der Waals surface area contributed by atoms with Crippen LogP contribution in [0.1, 0.15) is 44.7 Å². The van der Waals surface area contributed by atoms with Crippen LogP contribution >= 0.6 is 15.9 Å². The molecular weight excluding hydrogens is 332 g/mol. The van der Waals surface area contributed by atoms with Gasteiger partial charge in [0.1, 0.15) is 5.75 Å². The Kier molecular flexibility index (Phi) is 5.65. The monoisotopic (exact) mass is 354 g/mol. The van der Waals surface area contributed by atoms with Gasteiger partial charge in [-0.25, -0.2) is 0 Å². The molecule has 2 atom stereocenters. The number of carbonyl (C=O) groups excluding carboxylic acids is 1. The van der Waals surface area contributed by atoms with Gasteiger partial charge in [0.15, 0.2) is 0 Å². The van der Waals surface area contributed by atoms with E-state index in [4.69, 9.17) is 0 Å². The van der Waals surface area contributed by atoms with Crippen LogP contribution in [0.4, 0.5) is 0 Å². The normalized spacial score (nSPS) is 17.8. The Bertz CT molecular complexity index is 501. The lowest BCUT2D eigenvalue weighted by molar-refractivity contribution is -0.132. The van der Waals surface area contributed by atoms with Gasteiger partial charge in [-0.15, -0.1) is 0 Å². The number of rotatable bonds is 5. The number of hydrogen-bond acceptors (Lipinski definition) is 3. The summed E-state index contributed by atoms with van der Waals surface area (Å²) < 4.78 is 0.925. The second-order valence-electron chi connectivity index (χ2n) is 5.58. The van der Waals surface area contributed by atoms with E-state index in [1.54, 1.807) is 6.07 Å². The molecule has 21 heavy (non-hydrogen) atoms. The summed E-state index contributed by atoms with van der Waals surface area (Å²) in [6.45, 7) is 5.68. The van der Waals surface area contributed by atoms with Gasteiger partial charge in [0.2, 0.25) is 5.91 Å². The lowest BCUT2D eigenvalue weighted by atomic mass is 10.0.